The number of aliphatic hydroxyl groups is 1. The highest BCUT2D eigenvalue weighted by Gasteiger charge is 2.45. The van der Waals surface area contributed by atoms with Gasteiger partial charge >= 0.3 is 5.97 Å². The van der Waals surface area contributed by atoms with Crippen molar-refractivity contribution in [2.24, 2.45) is 55.9 Å². The van der Waals surface area contributed by atoms with Crippen LogP contribution in [-0.4, -0.2) is 184 Å². The summed E-state index contributed by atoms with van der Waals surface area (Å²) >= 11 is 0. The number of carboxylic acid groups (broad SMARTS) is 1. The summed E-state index contributed by atoms with van der Waals surface area (Å²) < 4.78 is 0. The van der Waals surface area contributed by atoms with Gasteiger partial charge in [-0.1, -0.05) is 111 Å². The number of unbranched alkanes of at least 4 members (excludes halogenated alkanes) is 4. The van der Waals surface area contributed by atoms with Gasteiger partial charge in [0.15, 0.2) is 11.9 Å². The third-order valence-corrected chi connectivity index (χ3v) is 14.8. The van der Waals surface area contributed by atoms with Crippen LogP contribution in [0.3, 0.4) is 0 Å². The number of benzene rings is 1. The predicted molar refractivity (Wildman–Crippen MR) is 335 cm³/mol. The summed E-state index contributed by atoms with van der Waals surface area (Å²) in [5.74, 6) is -10.5. The van der Waals surface area contributed by atoms with Gasteiger partial charge in [-0.25, -0.2) is 0 Å². The van der Waals surface area contributed by atoms with E-state index in [1.54, 1.807) is 78.8 Å². The van der Waals surface area contributed by atoms with Crippen LogP contribution in [-0.2, 0) is 59.2 Å². The Hall–Kier alpha value is -8.11. The molecule has 19 N–H and O–H groups in total. The summed E-state index contributed by atoms with van der Waals surface area (Å²) in [5.41, 5.74) is 27.5. The standard InChI is InChI=1S/C60H102N16O13/c1-11-12-13-14-18-25-46(78)68-36(6)50(82)71-41(30-37-21-16-15-17-22-37)53(85)69-39(23-19-26-66-58(62)63)51(83)73-43(28-34(2)3)56(88)76-33-38(77)31-45(76)57(89)75(10)44(29-35(4)5)55(87)72-42(32-47(79)80)54(86)70-40(24-20-27-67-59(64)65)52(84)74-48(49(61)81)60(7,8)9/h15-17,21-22,34-36,38-45,48,77H,11-14,18-20,23-33H2,1-10H3,(H2,61,81)(H,68,78)(H,69,85)(H,70,86)(H,71,82)(H,72,87)(H,73,83)(H,74,84)(H,79,80)(H4,62,63,66)(H4,64,65,67)/t36-,38-,39-,40+,41+,42+,43+,44+,45+,48+/m1/s1. The van der Waals surface area contributed by atoms with Gasteiger partial charge in [0.05, 0.1) is 12.5 Å². The van der Waals surface area contributed by atoms with E-state index in [-0.39, 0.29) is 107 Å². The first-order valence-corrected chi connectivity index (χ1v) is 30.7. The number of nitrogens with two attached hydrogens (primary N) is 5. The van der Waals surface area contributed by atoms with E-state index in [0.717, 1.165) is 35.5 Å². The first-order valence-electron chi connectivity index (χ1n) is 30.7. The molecule has 29 nitrogen and oxygen atoms in total. The lowest BCUT2D eigenvalue weighted by atomic mass is 9.86. The molecule has 0 aliphatic carbocycles. The lowest BCUT2D eigenvalue weighted by Gasteiger charge is -2.35. The van der Waals surface area contributed by atoms with Gasteiger partial charge in [-0.15, -0.1) is 0 Å². The second kappa shape index (κ2) is 38.3. The smallest absolute Gasteiger partial charge is 0.305 e. The van der Waals surface area contributed by atoms with Crippen LogP contribution in [0.5, 0.6) is 0 Å². The fourth-order valence-electron chi connectivity index (χ4n) is 10.1. The van der Waals surface area contributed by atoms with E-state index < -0.39 is 131 Å². The highest BCUT2D eigenvalue weighted by molar-refractivity contribution is 5.99. The number of carbonyl (C=O) groups excluding carboxylic acids is 10. The normalized spacial score (nSPS) is 16.6. The van der Waals surface area contributed by atoms with Crippen LogP contribution >= 0.6 is 0 Å². The third-order valence-electron chi connectivity index (χ3n) is 14.8. The summed E-state index contributed by atoms with van der Waals surface area (Å²) in [4.78, 5) is 162. The van der Waals surface area contributed by atoms with Gasteiger partial charge in [0, 0.05) is 45.9 Å². The lowest BCUT2D eigenvalue weighted by molar-refractivity contribution is -0.149. The Labute approximate surface area is 522 Å². The zero-order valence-corrected chi connectivity index (χ0v) is 53.6. The second-order valence-corrected chi connectivity index (χ2v) is 24.8. The van der Waals surface area contributed by atoms with Crippen molar-refractivity contribution < 1.29 is 63.0 Å². The van der Waals surface area contributed by atoms with Crippen LogP contribution in [0, 0.1) is 17.3 Å². The number of hydrogen-bond donors (Lipinski definition) is 14. The van der Waals surface area contributed by atoms with Crippen molar-refractivity contribution >= 4 is 77.0 Å². The van der Waals surface area contributed by atoms with Gasteiger partial charge in [-0.05, 0) is 74.7 Å². The number of likely N-dealkylation sites (N-methyl/N-ethyl adjacent to an activating group) is 1. The molecule has 10 amide bonds. The Morgan fingerprint density at radius 3 is 1.63 bits per heavy atom. The molecule has 1 saturated heterocycles. The van der Waals surface area contributed by atoms with E-state index in [4.69, 9.17) is 28.7 Å². The van der Waals surface area contributed by atoms with Gasteiger partial charge in [-0.2, -0.15) is 0 Å². The Morgan fingerprint density at radius 2 is 1.12 bits per heavy atom. The molecular weight excluding hydrogens is 1150 g/mol. The van der Waals surface area contributed by atoms with Gasteiger partial charge in [0.25, 0.3) is 0 Å². The number of carboxylic acids is 1. The van der Waals surface area contributed by atoms with Crippen LogP contribution in [0.4, 0.5) is 0 Å². The molecule has 0 spiro atoms. The minimum absolute atomic E-state index is 0.00410. The number of rotatable bonds is 39. The first kappa shape index (κ1) is 77.0. The number of guanidine groups is 2. The van der Waals surface area contributed by atoms with Gasteiger partial charge in [-0.3, -0.25) is 62.7 Å². The molecule has 1 fully saturated rings. The maximum Gasteiger partial charge on any atom is 0.305 e. The summed E-state index contributed by atoms with van der Waals surface area (Å²) in [6.07, 6.45) is 2.30. The summed E-state index contributed by atoms with van der Waals surface area (Å²) in [5, 5.41) is 39.5. The quantitative estimate of drug-likeness (QED) is 0.0213. The van der Waals surface area contributed by atoms with Crippen molar-refractivity contribution in [1.82, 2.24) is 47.0 Å². The topological polar surface area (TPSA) is 474 Å². The maximum atomic E-state index is 14.9. The number of aliphatic imine (C=N–C) groups is 2. The number of amides is 10. The number of primary amides is 1. The Kier molecular flexibility index (Phi) is 33.2. The zero-order chi connectivity index (χ0) is 67.3. The Morgan fingerprint density at radius 1 is 0.629 bits per heavy atom. The van der Waals surface area contributed by atoms with E-state index in [1.165, 1.54) is 14.0 Å². The number of nitrogens with zero attached hydrogens (tertiary/aromatic N) is 4. The molecule has 1 aliphatic rings. The van der Waals surface area contributed by atoms with Crippen LogP contribution in [0.2, 0.25) is 0 Å². The molecule has 10 atom stereocenters. The molecule has 0 unspecified atom stereocenters. The predicted octanol–water partition coefficient (Wildman–Crippen LogP) is -1.00. The highest BCUT2D eigenvalue weighted by atomic mass is 16.4. The zero-order valence-electron chi connectivity index (χ0n) is 53.6. The summed E-state index contributed by atoms with van der Waals surface area (Å²) in [6, 6.07) is -3.52. The summed E-state index contributed by atoms with van der Waals surface area (Å²) in [6.45, 7) is 15.3. The van der Waals surface area contributed by atoms with Crippen LogP contribution in [0.1, 0.15) is 158 Å². The number of likely N-dealkylation sites (tertiary alicyclic amines) is 1. The van der Waals surface area contributed by atoms with Crippen LogP contribution in [0.25, 0.3) is 0 Å². The minimum Gasteiger partial charge on any atom is -0.481 e. The van der Waals surface area contributed by atoms with Gasteiger partial charge in [0.2, 0.25) is 59.1 Å². The van der Waals surface area contributed by atoms with Crippen molar-refractivity contribution in [1.29, 1.82) is 0 Å². The average Bonchev–Trinajstić information content (AvgIpc) is 3.44. The van der Waals surface area contributed by atoms with E-state index in [1.807, 2.05) is 0 Å². The van der Waals surface area contributed by atoms with Crippen molar-refractivity contribution in [2.75, 3.05) is 26.7 Å². The molecule has 1 aromatic rings. The van der Waals surface area contributed by atoms with Crippen molar-refractivity contribution in [3.8, 4) is 0 Å². The van der Waals surface area contributed by atoms with Crippen molar-refractivity contribution in [3.05, 3.63) is 35.9 Å². The Balaban J connectivity index is 2.52. The first-order chi connectivity index (χ1) is 41.7. The number of carbonyl (C=O) groups is 11. The maximum absolute atomic E-state index is 14.9. The number of aliphatic carboxylic acids is 1. The van der Waals surface area contributed by atoms with E-state index in [2.05, 4.69) is 54.1 Å². The number of β-amino-alcohol motifs (C(OH)–C–C–N with tert-alkyl or cyclic N) is 1. The molecule has 1 aliphatic heterocycles. The molecule has 0 radical (unpaired) electrons. The number of nitrogens with one attached hydrogen (secondary N) is 7. The molecule has 89 heavy (non-hydrogen) atoms. The van der Waals surface area contributed by atoms with Gasteiger partial charge < -0.3 is 85.9 Å². The number of hydrogen-bond acceptors (Lipinski definition) is 14. The van der Waals surface area contributed by atoms with Gasteiger partial charge in [0.1, 0.15) is 54.4 Å². The molecule has 0 aromatic heterocycles. The molecule has 0 bridgehead atoms. The fraction of sp³-hybridized carbons (Fsp3) is 0.683. The number of aliphatic hydroxyl groups excluding tert-OH is 1. The Bertz CT molecular complexity index is 2590. The van der Waals surface area contributed by atoms with Crippen molar-refractivity contribution in [3.63, 3.8) is 0 Å². The molecule has 0 saturated carbocycles. The molecular formula is C60H102N16O13. The molecule has 1 aromatic carbocycles. The molecule has 500 valence electrons. The average molecular weight is 1260 g/mol. The fourth-order valence-corrected chi connectivity index (χ4v) is 10.1. The van der Waals surface area contributed by atoms with E-state index in [0.29, 0.717) is 12.0 Å². The van der Waals surface area contributed by atoms with E-state index >= 15 is 0 Å². The molecule has 29 heteroatoms. The second-order valence-electron chi connectivity index (χ2n) is 24.8. The SMILES string of the molecule is CCCCCCCC(=O)N[C@H](C)C(=O)N[C@@H](Cc1ccccc1)C(=O)N[C@H](CCCN=C(N)N)C(=O)N[C@@H](CC(C)C)C(=O)N1C[C@H](O)C[C@H]1C(=O)N(C)[C@@H](CC(C)C)C(=O)N[C@@H](CC(=O)O)C(=O)N[C@@H](CCCN=C(N)N)C(=O)N[C@@H](C(N)=O)C(C)(C)C. The van der Waals surface area contributed by atoms with Crippen LogP contribution in [0.15, 0.2) is 40.3 Å². The summed E-state index contributed by atoms with van der Waals surface area (Å²) in [7, 11) is 1.28. The largest absolute Gasteiger partial charge is 0.481 e. The third kappa shape index (κ3) is 28.3. The minimum atomic E-state index is -1.83. The molecule has 2 rings (SSSR count). The van der Waals surface area contributed by atoms with E-state index in [9.17, 15) is 63.0 Å². The highest BCUT2D eigenvalue weighted by Crippen LogP contribution is 2.25. The lowest BCUT2D eigenvalue weighted by Crippen LogP contribution is -2.61. The van der Waals surface area contributed by atoms with Crippen LogP contribution < -0.4 is 65.9 Å². The monoisotopic (exact) mass is 1250 g/mol. The molecule has 1 heterocycles. The van der Waals surface area contributed by atoms with Crippen molar-refractivity contribution in [2.45, 2.75) is 219 Å².